The number of benzene rings is 1. The van der Waals surface area contributed by atoms with Gasteiger partial charge in [-0.3, -0.25) is 0 Å². The molecule has 2 saturated carbocycles. The lowest BCUT2D eigenvalue weighted by Crippen LogP contribution is -2.38. The van der Waals surface area contributed by atoms with Crippen molar-refractivity contribution in [2.24, 2.45) is 23.7 Å². The Morgan fingerprint density at radius 1 is 0.857 bits per heavy atom. The number of hydrogen-bond acceptors (Lipinski definition) is 1. The average Bonchev–Trinajstić information content (AvgIpc) is 2.67. The van der Waals surface area contributed by atoms with Gasteiger partial charge in [0.25, 0.3) is 0 Å². The summed E-state index contributed by atoms with van der Waals surface area (Å²) in [5, 5.41) is 0. The zero-order valence-corrected chi connectivity index (χ0v) is 16.3. The van der Waals surface area contributed by atoms with Gasteiger partial charge in [0, 0.05) is 12.1 Å². The van der Waals surface area contributed by atoms with Gasteiger partial charge in [-0.2, -0.15) is 8.78 Å². The smallest absolute Gasteiger partial charge is 0.400 e. The maximum absolute atomic E-state index is 14.5. The Kier molecular flexibility index (Phi) is 6.87. The summed E-state index contributed by atoms with van der Waals surface area (Å²) >= 11 is 0. The molecule has 28 heavy (non-hydrogen) atoms. The highest BCUT2D eigenvalue weighted by molar-refractivity contribution is 5.25. The monoisotopic (exact) mass is 404 g/mol. The van der Waals surface area contributed by atoms with Crippen LogP contribution in [-0.2, 0) is 0 Å². The highest BCUT2D eigenvalue weighted by atomic mass is 19.3. The van der Waals surface area contributed by atoms with E-state index < -0.39 is 35.2 Å². The van der Waals surface area contributed by atoms with Crippen LogP contribution in [-0.4, -0.2) is 6.11 Å². The van der Waals surface area contributed by atoms with Crippen molar-refractivity contribution < 1.29 is 26.7 Å². The zero-order valence-electron chi connectivity index (χ0n) is 16.3. The normalized spacial score (nSPS) is 28.9. The minimum Gasteiger partial charge on any atom is -0.432 e. The second-order valence-electron chi connectivity index (χ2n) is 8.55. The molecule has 2 aliphatic carbocycles. The SMILES string of the molecule is CCC[C@H]1CC[C@H]([C@H]2CC[C@H](C(F)(F)Oc3cc(F)c(F)c(F)c3)CC2)CC1. The van der Waals surface area contributed by atoms with Crippen LogP contribution in [0.1, 0.15) is 71.1 Å². The Labute approximate surface area is 163 Å². The van der Waals surface area contributed by atoms with E-state index in [2.05, 4.69) is 11.7 Å². The minimum absolute atomic E-state index is 0.332. The Hall–Kier alpha value is -1.33. The summed E-state index contributed by atoms with van der Waals surface area (Å²) in [7, 11) is 0. The molecule has 2 fully saturated rings. The first-order chi connectivity index (χ1) is 13.3. The highest BCUT2D eigenvalue weighted by Gasteiger charge is 2.45. The quantitative estimate of drug-likeness (QED) is 0.353. The van der Waals surface area contributed by atoms with Crippen molar-refractivity contribution in [3.05, 3.63) is 29.6 Å². The molecule has 1 nitrogen and oxygen atoms in total. The van der Waals surface area contributed by atoms with E-state index >= 15 is 0 Å². The molecule has 0 amide bonds. The van der Waals surface area contributed by atoms with Gasteiger partial charge in [0.15, 0.2) is 17.5 Å². The molecule has 0 N–H and O–H groups in total. The average molecular weight is 404 g/mol. The molecule has 3 rings (SSSR count). The fourth-order valence-corrected chi connectivity index (χ4v) is 5.11. The molecule has 0 spiro atoms. The van der Waals surface area contributed by atoms with E-state index in [1.54, 1.807) is 0 Å². The third-order valence-corrected chi connectivity index (χ3v) is 6.71. The van der Waals surface area contributed by atoms with Crippen molar-refractivity contribution in [3.8, 4) is 5.75 Å². The van der Waals surface area contributed by atoms with Crippen LogP contribution in [0.5, 0.6) is 5.75 Å². The van der Waals surface area contributed by atoms with E-state index in [0.29, 0.717) is 36.8 Å². The third kappa shape index (κ3) is 4.98. The predicted octanol–water partition coefficient (Wildman–Crippen LogP) is 7.49. The van der Waals surface area contributed by atoms with Crippen LogP contribution >= 0.6 is 0 Å². The van der Waals surface area contributed by atoms with E-state index in [4.69, 9.17) is 0 Å². The van der Waals surface area contributed by atoms with Crippen molar-refractivity contribution in [1.29, 1.82) is 0 Å². The van der Waals surface area contributed by atoms with Crippen LogP contribution in [0.25, 0.3) is 0 Å². The van der Waals surface area contributed by atoms with E-state index in [1.807, 2.05) is 0 Å². The fourth-order valence-electron chi connectivity index (χ4n) is 5.11. The molecule has 0 atom stereocenters. The van der Waals surface area contributed by atoms with Gasteiger partial charge in [0.1, 0.15) is 5.75 Å². The van der Waals surface area contributed by atoms with Crippen LogP contribution in [0, 0.1) is 41.1 Å². The number of halogens is 5. The molecule has 2 aliphatic rings. The third-order valence-electron chi connectivity index (χ3n) is 6.71. The summed E-state index contributed by atoms with van der Waals surface area (Å²) in [4.78, 5) is 0. The molecule has 0 bridgehead atoms. The predicted molar refractivity (Wildman–Crippen MR) is 97.7 cm³/mol. The summed E-state index contributed by atoms with van der Waals surface area (Å²) in [6.07, 6.45) is 6.00. The molecule has 0 radical (unpaired) electrons. The fraction of sp³-hybridized carbons (Fsp3) is 0.727. The number of rotatable bonds is 6. The van der Waals surface area contributed by atoms with Crippen molar-refractivity contribution in [1.82, 2.24) is 0 Å². The van der Waals surface area contributed by atoms with E-state index in [9.17, 15) is 22.0 Å². The van der Waals surface area contributed by atoms with E-state index in [-0.39, 0.29) is 0 Å². The Bertz CT molecular complexity index is 623. The Balaban J connectivity index is 1.52. The van der Waals surface area contributed by atoms with Gasteiger partial charge in [-0.25, -0.2) is 13.2 Å². The van der Waals surface area contributed by atoms with Crippen molar-refractivity contribution in [2.45, 2.75) is 77.2 Å². The molecule has 0 aromatic heterocycles. The molecule has 0 aliphatic heterocycles. The molecule has 0 saturated heterocycles. The molecular weight excluding hydrogens is 375 g/mol. The molecule has 0 unspecified atom stereocenters. The number of hydrogen-bond donors (Lipinski definition) is 0. The van der Waals surface area contributed by atoms with Gasteiger partial charge in [0.2, 0.25) is 0 Å². The molecule has 158 valence electrons. The highest BCUT2D eigenvalue weighted by Crippen LogP contribution is 2.46. The first-order valence-corrected chi connectivity index (χ1v) is 10.5. The van der Waals surface area contributed by atoms with Crippen LogP contribution in [0.4, 0.5) is 22.0 Å². The summed E-state index contributed by atoms with van der Waals surface area (Å²) in [6, 6.07) is 0.930. The summed E-state index contributed by atoms with van der Waals surface area (Å²) in [5.74, 6) is -4.49. The lowest BCUT2D eigenvalue weighted by molar-refractivity contribution is -0.224. The van der Waals surface area contributed by atoms with Gasteiger partial charge in [0.05, 0.1) is 5.92 Å². The Morgan fingerprint density at radius 2 is 1.36 bits per heavy atom. The van der Waals surface area contributed by atoms with Gasteiger partial charge in [-0.05, 0) is 56.3 Å². The number of alkyl halides is 2. The Morgan fingerprint density at radius 3 is 1.86 bits per heavy atom. The first kappa shape index (κ1) is 21.4. The largest absolute Gasteiger partial charge is 0.432 e. The van der Waals surface area contributed by atoms with Gasteiger partial charge in [-0.1, -0.05) is 32.6 Å². The molecule has 6 heteroatoms. The second-order valence-corrected chi connectivity index (χ2v) is 8.55. The summed E-state index contributed by atoms with van der Waals surface area (Å²) in [6.45, 7) is 2.21. The number of ether oxygens (including phenoxy) is 1. The minimum atomic E-state index is -3.53. The van der Waals surface area contributed by atoms with Gasteiger partial charge < -0.3 is 4.74 Å². The molecular formula is C22H29F5O. The van der Waals surface area contributed by atoms with E-state index in [0.717, 1.165) is 18.8 Å². The van der Waals surface area contributed by atoms with Crippen molar-refractivity contribution in [2.75, 3.05) is 0 Å². The summed E-state index contributed by atoms with van der Waals surface area (Å²) < 4.78 is 73.1. The zero-order chi connectivity index (χ0) is 20.3. The molecule has 0 heterocycles. The lowest BCUT2D eigenvalue weighted by Gasteiger charge is -2.39. The van der Waals surface area contributed by atoms with Crippen LogP contribution in [0.2, 0.25) is 0 Å². The van der Waals surface area contributed by atoms with Gasteiger partial charge in [-0.15, -0.1) is 0 Å². The lowest BCUT2D eigenvalue weighted by atomic mass is 9.68. The van der Waals surface area contributed by atoms with Crippen LogP contribution < -0.4 is 4.74 Å². The molecule has 1 aromatic rings. The van der Waals surface area contributed by atoms with E-state index in [1.165, 1.54) is 38.5 Å². The standard InChI is InChI=1S/C22H29F5O/c1-2-3-14-4-6-15(7-5-14)16-8-10-17(11-9-16)22(26,27)28-18-12-19(23)21(25)20(24)13-18/h12-17H,2-11H2,1H3/t14-,15-,16-,17-. The van der Waals surface area contributed by atoms with Crippen LogP contribution in [0.3, 0.4) is 0 Å². The topological polar surface area (TPSA) is 9.23 Å². The summed E-state index contributed by atoms with van der Waals surface area (Å²) in [5.41, 5.74) is 0. The van der Waals surface area contributed by atoms with Crippen molar-refractivity contribution in [3.63, 3.8) is 0 Å². The maximum Gasteiger partial charge on any atom is 0.400 e. The van der Waals surface area contributed by atoms with Crippen molar-refractivity contribution >= 4 is 0 Å². The van der Waals surface area contributed by atoms with Gasteiger partial charge >= 0.3 is 6.11 Å². The van der Waals surface area contributed by atoms with Crippen LogP contribution in [0.15, 0.2) is 12.1 Å². The maximum atomic E-state index is 14.5. The second kappa shape index (κ2) is 9.00. The first-order valence-electron chi connectivity index (χ1n) is 10.5. The molecule has 1 aromatic carbocycles.